The lowest BCUT2D eigenvalue weighted by molar-refractivity contribution is -0.121. The summed E-state index contributed by atoms with van der Waals surface area (Å²) in [5.41, 5.74) is 0.0395. The topological polar surface area (TPSA) is 93.0 Å². The molecule has 0 saturated carbocycles. The van der Waals surface area contributed by atoms with Crippen LogP contribution in [0.5, 0.6) is 5.75 Å². The standard InChI is InChI=1S/C29H21N3O5S/c1-3-31-20-11-7-6-10-18(20)29(27(31)35)23-24(33)17-9-5-8-12-21(17)37-25(23)26(34)32(29)28-30-19-14-13-16(36-4-2)15-22(19)38-28/h5-15H,3-4H2,1-2H3. The molecule has 9 heteroatoms. The summed E-state index contributed by atoms with van der Waals surface area (Å²) in [5.74, 6) is -0.411. The third-order valence-corrected chi connectivity index (χ3v) is 8.20. The van der Waals surface area contributed by atoms with E-state index >= 15 is 0 Å². The Labute approximate surface area is 220 Å². The predicted octanol–water partition coefficient (Wildman–Crippen LogP) is 5.07. The Balaban J connectivity index is 1.58. The third kappa shape index (κ3) is 2.74. The lowest BCUT2D eigenvalue weighted by Crippen LogP contribution is -2.53. The van der Waals surface area contributed by atoms with Crippen LogP contribution in [0.25, 0.3) is 21.2 Å². The van der Waals surface area contributed by atoms with Crippen LogP contribution in [-0.2, 0) is 10.3 Å². The summed E-state index contributed by atoms with van der Waals surface area (Å²) in [7, 11) is 0. The number of carbonyl (C=O) groups excluding carboxylic acids is 2. The molecular weight excluding hydrogens is 502 g/mol. The van der Waals surface area contributed by atoms with E-state index < -0.39 is 16.9 Å². The average molecular weight is 524 g/mol. The van der Waals surface area contributed by atoms with Gasteiger partial charge < -0.3 is 14.1 Å². The van der Waals surface area contributed by atoms with E-state index in [1.54, 1.807) is 35.2 Å². The maximum Gasteiger partial charge on any atom is 0.297 e. The molecule has 8 nitrogen and oxygen atoms in total. The van der Waals surface area contributed by atoms with Gasteiger partial charge in [-0.1, -0.05) is 41.7 Å². The first-order valence-electron chi connectivity index (χ1n) is 12.4. The highest BCUT2D eigenvalue weighted by atomic mass is 32.1. The van der Waals surface area contributed by atoms with Gasteiger partial charge in [-0.2, -0.15) is 0 Å². The van der Waals surface area contributed by atoms with Crippen molar-refractivity contribution in [3.63, 3.8) is 0 Å². The molecule has 2 aliphatic heterocycles. The molecule has 1 spiro atoms. The minimum absolute atomic E-state index is 0.0314. The molecule has 7 rings (SSSR count). The molecule has 5 aromatic rings. The molecule has 1 unspecified atom stereocenters. The fraction of sp³-hybridized carbons (Fsp3) is 0.172. The number of likely N-dealkylation sites (N-methyl/N-ethyl adjacent to an activating group) is 1. The van der Waals surface area contributed by atoms with Gasteiger partial charge >= 0.3 is 0 Å². The number of hydrogen-bond acceptors (Lipinski definition) is 7. The second-order valence-corrected chi connectivity index (χ2v) is 10.1. The first kappa shape index (κ1) is 22.7. The van der Waals surface area contributed by atoms with Gasteiger partial charge in [0.05, 0.1) is 33.5 Å². The lowest BCUT2D eigenvalue weighted by Gasteiger charge is -2.32. The minimum atomic E-state index is -1.74. The Morgan fingerprint density at radius 2 is 1.79 bits per heavy atom. The third-order valence-electron chi connectivity index (χ3n) is 7.20. The molecular formula is C29H21N3O5S. The lowest BCUT2D eigenvalue weighted by atomic mass is 9.84. The summed E-state index contributed by atoms with van der Waals surface area (Å²) in [6, 6.07) is 19.6. The van der Waals surface area contributed by atoms with Gasteiger partial charge in [0.25, 0.3) is 11.8 Å². The molecule has 38 heavy (non-hydrogen) atoms. The van der Waals surface area contributed by atoms with E-state index in [2.05, 4.69) is 0 Å². The van der Waals surface area contributed by atoms with E-state index in [-0.39, 0.29) is 17.2 Å². The van der Waals surface area contributed by atoms with Crippen molar-refractivity contribution in [3.8, 4) is 5.75 Å². The number of para-hydroxylation sites is 2. The molecule has 0 N–H and O–H groups in total. The average Bonchev–Trinajstić information content (AvgIpc) is 3.54. The first-order valence-corrected chi connectivity index (χ1v) is 13.2. The Morgan fingerprint density at radius 3 is 2.61 bits per heavy atom. The number of ether oxygens (including phenoxy) is 1. The van der Waals surface area contributed by atoms with Crippen molar-refractivity contribution in [1.29, 1.82) is 0 Å². The second-order valence-electron chi connectivity index (χ2n) is 9.11. The van der Waals surface area contributed by atoms with Gasteiger partial charge in [-0.05, 0) is 50.2 Å². The van der Waals surface area contributed by atoms with Crippen molar-refractivity contribution in [1.82, 2.24) is 4.98 Å². The SMILES string of the molecule is CCOc1ccc2nc(N3C(=O)c4oc5ccccc5c(=O)c4C34C(=O)N(CC)c3ccccc34)sc2c1. The molecule has 0 fully saturated rings. The van der Waals surface area contributed by atoms with Gasteiger partial charge in [-0.15, -0.1) is 0 Å². The zero-order valence-corrected chi connectivity index (χ0v) is 21.4. The Morgan fingerprint density at radius 1 is 1.00 bits per heavy atom. The normalized spacial score (nSPS) is 18.2. The highest BCUT2D eigenvalue weighted by Crippen LogP contribution is 2.54. The number of benzene rings is 3. The summed E-state index contributed by atoms with van der Waals surface area (Å²) in [6.07, 6.45) is 0. The summed E-state index contributed by atoms with van der Waals surface area (Å²) in [6.45, 7) is 4.65. The predicted molar refractivity (Wildman–Crippen MR) is 145 cm³/mol. The van der Waals surface area contributed by atoms with E-state index in [9.17, 15) is 14.4 Å². The maximum absolute atomic E-state index is 14.5. The van der Waals surface area contributed by atoms with Crippen molar-refractivity contribution in [2.75, 3.05) is 23.0 Å². The van der Waals surface area contributed by atoms with Crippen molar-refractivity contribution >= 4 is 55.2 Å². The number of aromatic nitrogens is 1. The van der Waals surface area contributed by atoms with Gasteiger partial charge in [0.15, 0.2) is 16.1 Å². The van der Waals surface area contributed by atoms with Crippen LogP contribution in [0, 0.1) is 0 Å². The van der Waals surface area contributed by atoms with Crippen LogP contribution in [0.1, 0.15) is 35.5 Å². The highest BCUT2D eigenvalue weighted by molar-refractivity contribution is 7.22. The van der Waals surface area contributed by atoms with Crippen molar-refractivity contribution < 1.29 is 18.7 Å². The van der Waals surface area contributed by atoms with E-state index in [1.165, 1.54) is 16.2 Å². The number of thiazole rings is 1. The van der Waals surface area contributed by atoms with Crippen LogP contribution in [0.15, 0.2) is 75.9 Å². The molecule has 0 saturated heterocycles. The largest absolute Gasteiger partial charge is 0.494 e. The Hall–Kier alpha value is -4.50. The molecule has 3 aromatic carbocycles. The van der Waals surface area contributed by atoms with E-state index in [0.29, 0.717) is 51.8 Å². The van der Waals surface area contributed by atoms with Crippen LogP contribution in [0.2, 0.25) is 0 Å². The number of nitrogens with zero attached hydrogens (tertiary/aromatic N) is 3. The van der Waals surface area contributed by atoms with Gasteiger partial charge in [0, 0.05) is 12.1 Å². The number of carbonyl (C=O) groups is 2. The summed E-state index contributed by atoms with van der Waals surface area (Å²) in [5, 5.41) is 0.612. The first-order chi connectivity index (χ1) is 18.5. The molecule has 4 heterocycles. The molecule has 2 aromatic heterocycles. The van der Waals surface area contributed by atoms with Crippen LogP contribution >= 0.6 is 11.3 Å². The maximum atomic E-state index is 14.5. The van der Waals surface area contributed by atoms with Gasteiger partial charge in [-0.3, -0.25) is 19.3 Å². The van der Waals surface area contributed by atoms with Crippen LogP contribution in [-0.4, -0.2) is 29.9 Å². The van der Waals surface area contributed by atoms with Gasteiger partial charge in [0.1, 0.15) is 11.3 Å². The smallest absolute Gasteiger partial charge is 0.297 e. The zero-order valence-electron chi connectivity index (χ0n) is 20.6. The van der Waals surface area contributed by atoms with Crippen LogP contribution in [0.3, 0.4) is 0 Å². The number of amides is 2. The number of rotatable bonds is 4. The van der Waals surface area contributed by atoms with Crippen molar-refractivity contribution in [2.45, 2.75) is 19.4 Å². The van der Waals surface area contributed by atoms with Crippen LogP contribution in [0.4, 0.5) is 10.8 Å². The molecule has 0 radical (unpaired) electrons. The number of anilines is 2. The Bertz CT molecular complexity index is 1880. The molecule has 1 atom stereocenters. The van der Waals surface area contributed by atoms with Gasteiger partial charge in [-0.25, -0.2) is 4.98 Å². The van der Waals surface area contributed by atoms with Crippen molar-refractivity contribution in [2.24, 2.45) is 0 Å². The molecule has 2 aliphatic rings. The molecule has 2 amide bonds. The summed E-state index contributed by atoms with van der Waals surface area (Å²) in [4.78, 5) is 50.5. The highest BCUT2D eigenvalue weighted by Gasteiger charge is 2.66. The second kappa shape index (κ2) is 8.00. The number of fused-ring (bicyclic) bond motifs is 6. The molecule has 188 valence electrons. The number of hydrogen-bond donors (Lipinski definition) is 0. The minimum Gasteiger partial charge on any atom is -0.494 e. The monoisotopic (exact) mass is 523 g/mol. The fourth-order valence-corrected chi connectivity index (χ4v) is 6.71. The van der Waals surface area contributed by atoms with Gasteiger partial charge in [0.2, 0.25) is 5.76 Å². The van der Waals surface area contributed by atoms with E-state index in [4.69, 9.17) is 14.1 Å². The fourth-order valence-electron chi connectivity index (χ4n) is 5.67. The summed E-state index contributed by atoms with van der Waals surface area (Å²) < 4.78 is 12.5. The van der Waals surface area contributed by atoms with E-state index in [1.807, 2.05) is 50.2 Å². The summed E-state index contributed by atoms with van der Waals surface area (Å²) >= 11 is 1.26. The van der Waals surface area contributed by atoms with Crippen molar-refractivity contribution in [3.05, 3.63) is 93.8 Å². The molecule has 0 bridgehead atoms. The Kier molecular flexibility index (Phi) is 4.77. The van der Waals surface area contributed by atoms with E-state index in [0.717, 1.165) is 4.70 Å². The van der Waals surface area contributed by atoms with Crippen LogP contribution < -0.4 is 20.0 Å². The molecule has 0 aliphatic carbocycles. The zero-order chi connectivity index (χ0) is 26.2. The quantitative estimate of drug-likeness (QED) is 0.327.